The Hall–Kier alpha value is -1.08. The van der Waals surface area contributed by atoms with Gasteiger partial charge >= 0.3 is 0 Å². The fraction of sp³-hybridized carbons (Fsp3) is 0.786. The second kappa shape index (κ2) is 7.26. The summed E-state index contributed by atoms with van der Waals surface area (Å²) < 4.78 is 5.27. The highest BCUT2D eigenvalue weighted by atomic mass is 32.2. The fourth-order valence-corrected chi connectivity index (χ4v) is 3.34. The third-order valence-corrected chi connectivity index (χ3v) is 5.88. The van der Waals surface area contributed by atoms with E-state index in [0.717, 1.165) is 32.2 Å². The van der Waals surface area contributed by atoms with E-state index in [2.05, 4.69) is 40.9 Å². The average molecular weight is 312 g/mol. The molecule has 2 N–H and O–H groups in total. The summed E-state index contributed by atoms with van der Waals surface area (Å²) in [7, 11) is 0. The summed E-state index contributed by atoms with van der Waals surface area (Å²) in [5.41, 5.74) is 0. The van der Waals surface area contributed by atoms with E-state index in [9.17, 15) is 4.79 Å². The molecule has 0 aromatic carbocycles. The van der Waals surface area contributed by atoms with E-state index in [4.69, 9.17) is 4.52 Å². The van der Waals surface area contributed by atoms with Crippen LogP contribution in [0.1, 0.15) is 62.1 Å². The normalized spacial score (nSPS) is 18.9. The summed E-state index contributed by atoms with van der Waals surface area (Å²) in [6.07, 6.45) is 6.17. The predicted octanol–water partition coefficient (Wildman–Crippen LogP) is 2.15. The Morgan fingerprint density at radius 3 is 2.86 bits per heavy atom. The van der Waals surface area contributed by atoms with Crippen molar-refractivity contribution in [1.29, 1.82) is 0 Å². The molecule has 2 rings (SSSR count). The first-order valence-corrected chi connectivity index (χ1v) is 8.77. The molecule has 118 valence electrons. The molecule has 1 aliphatic heterocycles. The Morgan fingerprint density at radius 2 is 2.29 bits per heavy atom. The number of nitrogens with one attached hydrogen (secondary N) is 2. The zero-order valence-electron chi connectivity index (χ0n) is 12.9. The minimum Gasteiger partial charge on any atom is -0.348 e. The summed E-state index contributed by atoms with van der Waals surface area (Å²) in [6.45, 7) is 5.86. The van der Waals surface area contributed by atoms with Crippen LogP contribution in [0.5, 0.6) is 0 Å². The van der Waals surface area contributed by atoms with Crippen molar-refractivity contribution in [2.24, 2.45) is 0 Å². The van der Waals surface area contributed by atoms with E-state index in [0.29, 0.717) is 12.4 Å². The number of thioether (sulfide) groups is 1. The molecule has 7 heteroatoms. The van der Waals surface area contributed by atoms with Crippen molar-refractivity contribution in [3.05, 3.63) is 11.7 Å². The van der Waals surface area contributed by atoms with Gasteiger partial charge in [-0.1, -0.05) is 19.0 Å². The molecule has 1 fully saturated rings. The molecular weight excluding hydrogens is 288 g/mol. The number of carbonyl (C=O) groups excluding carboxylic acids is 1. The Labute approximate surface area is 129 Å². The molecule has 21 heavy (non-hydrogen) atoms. The van der Waals surface area contributed by atoms with Crippen LogP contribution in [0, 0.1) is 0 Å². The van der Waals surface area contributed by atoms with E-state index in [1.807, 2.05) is 0 Å². The second-order valence-corrected chi connectivity index (χ2v) is 6.66. The van der Waals surface area contributed by atoms with Crippen LogP contribution in [-0.2, 0) is 0 Å². The standard InChI is InChI=1S/C14H24N4O2S/c1-4-14(5-2,21-3)9-16-12(19)11-17-13(20-18-11)10-7-6-8-15-10/h10,15H,4-9H2,1-3H3,(H,16,19). The van der Waals surface area contributed by atoms with Crippen molar-refractivity contribution in [1.82, 2.24) is 20.8 Å². The number of rotatable bonds is 7. The van der Waals surface area contributed by atoms with Gasteiger partial charge in [0.05, 0.1) is 6.04 Å². The third-order valence-electron chi connectivity index (χ3n) is 4.30. The first-order chi connectivity index (χ1) is 10.1. The van der Waals surface area contributed by atoms with Gasteiger partial charge in [0.25, 0.3) is 11.7 Å². The largest absolute Gasteiger partial charge is 0.348 e. The molecule has 0 aliphatic carbocycles. The van der Waals surface area contributed by atoms with Crippen LogP contribution in [-0.4, -0.2) is 40.1 Å². The van der Waals surface area contributed by atoms with Crippen LogP contribution in [0.3, 0.4) is 0 Å². The maximum atomic E-state index is 12.1. The Bertz CT molecular complexity index is 459. The van der Waals surface area contributed by atoms with Crippen LogP contribution in [0.15, 0.2) is 4.52 Å². The number of hydrogen-bond donors (Lipinski definition) is 2. The molecule has 1 amide bonds. The molecule has 1 aliphatic rings. The summed E-state index contributed by atoms with van der Waals surface area (Å²) in [5, 5.41) is 10.0. The van der Waals surface area contributed by atoms with E-state index in [1.165, 1.54) is 0 Å². The van der Waals surface area contributed by atoms with Gasteiger partial charge in [-0.05, 0) is 38.5 Å². The summed E-state index contributed by atoms with van der Waals surface area (Å²) in [5.74, 6) is 0.379. The van der Waals surface area contributed by atoms with Gasteiger partial charge in [0.15, 0.2) is 0 Å². The SMILES string of the molecule is CCC(CC)(CNC(=O)c1noc(C2CCCN2)n1)SC. The van der Waals surface area contributed by atoms with Gasteiger partial charge in [-0.2, -0.15) is 16.7 Å². The van der Waals surface area contributed by atoms with Gasteiger partial charge in [-0.3, -0.25) is 4.79 Å². The lowest BCUT2D eigenvalue weighted by Crippen LogP contribution is -2.40. The summed E-state index contributed by atoms with van der Waals surface area (Å²) in [6, 6.07) is 0.0932. The van der Waals surface area contributed by atoms with Crippen molar-refractivity contribution in [3.63, 3.8) is 0 Å². The van der Waals surface area contributed by atoms with Crippen LogP contribution >= 0.6 is 11.8 Å². The molecule has 1 saturated heterocycles. The molecule has 0 saturated carbocycles. The highest BCUT2D eigenvalue weighted by molar-refractivity contribution is 8.00. The van der Waals surface area contributed by atoms with Gasteiger partial charge in [-0.15, -0.1) is 0 Å². The van der Waals surface area contributed by atoms with Gasteiger partial charge in [-0.25, -0.2) is 0 Å². The predicted molar refractivity (Wildman–Crippen MR) is 83.4 cm³/mol. The maximum Gasteiger partial charge on any atom is 0.292 e. The van der Waals surface area contributed by atoms with Gasteiger partial charge in [0.2, 0.25) is 5.89 Å². The highest BCUT2D eigenvalue weighted by Gasteiger charge is 2.28. The molecule has 1 atom stereocenters. The van der Waals surface area contributed by atoms with Crippen molar-refractivity contribution in [3.8, 4) is 0 Å². The van der Waals surface area contributed by atoms with Crippen molar-refractivity contribution in [2.75, 3.05) is 19.3 Å². The molecule has 1 unspecified atom stereocenters. The molecule has 0 radical (unpaired) electrons. The van der Waals surface area contributed by atoms with Crippen LogP contribution in [0.4, 0.5) is 0 Å². The minimum atomic E-state index is -0.261. The molecular formula is C14H24N4O2S. The van der Waals surface area contributed by atoms with Crippen molar-refractivity contribution in [2.45, 2.75) is 50.3 Å². The minimum absolute atomic E-state index is 0.0786. The van der Waals surface area contributed by atoms with Crippen LogP contribution in [0.2, 0.25) is 0 Å². The zero-order chi connectivity index (χ0) is 15.3. The smallest absolute Gasteiger partial charge is 0.292 e. The van der Waals surface area contributed by atoms with Gasteiger partial charge in [0, 0.05) is 11.3 Å². The molecule has 2 heterocycles. The maximum absolute atomic E-state index is 12.1. The number of aromatic nitrogens is 2. The lowest BCUT2D eigenvalue weighted by atomic mass is 10.0. The third kappa shape index (κ3) is 3.77. The quantitative estimate of drug-likeness (QED) is 0.803. The lowest BCUT2D eigenvalue weighted by Gasteiger charge is -2.29. The van der Waals surface area contributed by atoms with Gasteiger partial charge < -0.3 is 15.2 Å². The van der Waals surface area contributed by atoms with E-state index < -0.39 is 0 Å². The highest BCUT2D eigenvalue weighted by Crippen LogP contribution is 2.29. The van der Waals surface area contributed by atoms with E-state index in [-0.39, 0.29) is 22.5 Å². The second-order valence-electron chi connectivity index (χ2n) is 5.38. The first-order valence-electron chi connectivity index (χ1n) is 7.54. The number of nitrogens with zero attached hydrogens (tertiary/aromatic N) is 2. The molecule has 0 bridgehead atoms. The Balaban J connectivity index is 1.94. The fourth-order valence-electron chi connectivity index (χ4n) is 2.55. The number of amides is 1. The van der Waals surface area contributed by atoms with Crippen molar-refractivity contribution < 1.29 is 9.32 Å². The number of hydrogen-bond acceptors (Lipinski definition) is 6. The molecule has 1 aromatic heterocycles. The lowest BCUT2D eigenvalue weighted by molar-refractivity contribution is 0.0935. The van der Waals surface area contributed by atoms with E-state index >= 15 is 0 Å². The summed E-state index contributed by atoms with van der Waals surface area (Å²) >= 11 is 1.79. The van der Waals surface area contributed by atoms with Crippen LogP contribution in [0.25, 0.3) is 0 Å². The molecule has 0 spiro atoms. The first kappa shape index (κ1) is 16.3. The zero-order valence-corrected chi connectivity index (χ0v) is 13.8. The topological polar surface area (TPSA) is 80.0 Å². The number of carbonyl (C=O) groups is 1. The van der Waals surface area contributed by atoms with Crippen molar-refractivity contribution >= 4 is 17.7 Å². The average Bonchev–Trinajstić information content (AvgIpc) is 3.20. The molecule has 1 aromatic rings. The Kier molecular flexibility index (Phi) is 5.64. The summed E-state index contributed by atoms with van der Waals surface area (Å²) in [4.78, 5) is 16.4. The molecule has 6 nitrogen and oxygen atoms in total. The Morgan fingerprint density at radius 1 is 1.52 bits per heavy atom. The van der Waals surface area contributed by atoms with E-state index in [1.54, 1.807) is 11.8 Å². The monoisotopic (exact) mass is 312 g/mol. The van der Waals surface area contributed by atoms with Crippen LogP contribution < -0.4 is 10.6 Å². The van der Waals surface area contributed by atoms with Gasteiger partial charge in [0.1, 0.15) is 0 Å².